The Morgan fingerprint density at radius 3 is 2.41 bits per heavy atom. The number of ether oxygens (including phenoxy) is 1. The SMILES string of the molecule is Cc1sc(NC(=O)OC(C)C)c(C(=O)O)c1C. The molecule has 1 amide bonds. The van der Waals surface area contributed by atoms with Gasteiger partial charge in [0.2, 0.25) is 0 Å². The molecule has 6 heteroatoms. The molecule has 0 aliphatic rings. The standard InChI is InChI=1S/C11H15NO4S/c1-5(2)16-11(15)12-9-8(10(13)14)6(3)7(4)17-9/h5H,1-4H3,(H,12,15)(H,13,14). The molecule has 1 aromatic rings. The number of hydrogen-bond acceptors (Lipinski definition) is 4. The molecule has 5 nitrogen and oxygen atoms in total. The van der Waals surface area contributed by atoms with Crippen molar-refractivity contribution < 1.29 is 19.4 Å². The second kappa shape index (κ2) is 5.18. The van der Waals surface area contributed by atoms with E-state index in [1.807, 2.05) is 6.92 Å². The number of hydrogen-bond donors (Lipinski definition) is 2. The van der Waals surface area contributed by atoms with E-state index in [-0.39, 0.29) is 11.7 Å². The lowest BCUT2D eigenvalue weighted by Gasteiger charge is -2.08. The molecule has 0 saturated heterocycles. The number of amides is 1. The fourth-order valence-electron chi connectivity index (χ4n) is 1.31. The average molecular weight is 257 g/mol. The first kappa shape index (κ1) is 13.5. The molecular formula is C11H15NO4S. The number of thiophene rings is 1. The fraction of sp³-hybridized carbons (Fsp3) is 0.455. The third-order valence-electron chi connectivity index (χ3n) is 2.16. The number of aryl methyl sites for hydroxylation is 1. The summed E-state index contributed by atoms with van der Waals surface area (Å²) in [5, 5.41) is 11.8. The van der Waals surface area contributed by atoms with Gasteiger partial charge in [-0.3, -0.25) is 5.32 Å². The van der Waals surface area contributed by atoms with Crippen LogP contribution in [0.1, 0.15) is 34.6 Å². The van der Waals surface area contributed by atoms with E-state index < -0.39 is 12.1 Å². The molecule has 0 fully saturated rings. The van der Waals surface area contributed by atoms with Crippen molar-refractivity contribution in [2.75, 3.05) is 5.32 Å². The van der Waals surface area contributed by atoms with Crippen LogP contribution in [-0.2, 0) is 4.74 Å². The van der Waals surface area contributed by atoms with E-state index in [0.717, 1.165) is 4.88 Å². The van der Waals surface area contributed by atoms with Crippen molar-refractivity contribution in [2.24, 2.45) is 0 Å². The minimum absolute atomic E-state index is 0.133. The smallest absolute Gasteiger partial charge is 0.412 e. The summed E-state index contributed by atoms with van der Waals surface area (Å²) in [5.74, 6) is -1.05. The third kappa shape index (κ3) is 3.20. The first-order chi connectivity index (χ1) is 7.82. The number of carbonyl (C=O) groups excluding carboxylic acids is 1. The molecule has 0 spiro atoms. The van der Waals surface area contributed by atoms with Crippen molar-refractivity contribution in [3.63, 3.8) is 0 Å². The van der Waals surface area contributed by atoms with E-state index in [0.29, 0.717) is 10.6 Å². The maximum absolute atomic E-state index is 11.4. The van der Waals surface area contributed by atoms with Gasteiger partial charge in [0.25, 0.3) is 0 Å². The molecule has 1 heterocycles. The summed E-state index contributed by atoms with van der Waals surface area (Å²) >= 11 is 1.23. The summed E-state index contributed by atoms with van der Waals surface area (Å²) in [6.45, 7) is 6.98. The zero-order valence-corrected chi connectivity index (χ0v) is 11.0. The highest BCUT2D eigenvalue weighted by Crippen LogP contribution is 2.32. The Hall–Kier alpha value is -1.56. The van der Waals surface area contributed by atoms with Gasteiger partial charge in [-0.1, -0.05) is 0 Å². The largest absolute Gasteiger partial charge is 0.478 e. The molecule has 1 aromatic heterocycles. The Balaban J connectivity index is 2.95. The molecule has 0 saturated carbocycles. The lowest BCUT2D eigenvalue weighted by atomic mass is 10.1. The van der Waals surface area contributed by atoms with Crippen LogP contribution >= 0.6 is 11.3 Å². The van der Waals surface area contributed by atoms with Gasteiger partial charge in [0.1, 0.15) is 5.00 Å². The fourth-order valence-corrected chi connectivity index (χ4v) is 2.35. The molecule has 0 aliphatic carbocycles. The molecule has 0 aliphatic heterocycles. The number of rotatable bonds is 3. The van der Waals surface area contributed by atoms with E-state index in [4.69, 9.17) is 9.84 Å². The van der Waals surface area contributed by atoms with Crippen molar-refractivity contribution in [3.05, 3.63) is 16.0 Å². The van der Waals surface area contributed by atoms with E-state index in [1.165, 1.54) is 11.3 Å². The highest BCUT2D eigenvalue weighted by molar-refractivity contribution is 7.16. The summed E-state index contributed by atoms with van der Waals surface area (Å²) in [5.41, 5.74) is 0.801. The zero-order chi connectivity index (χ0) is 13.2. The van der Waals surface area contributed by atoms with Gasteiger partial charge in [-0.15, -0.1) is 11.3 Å². The first-order valence-corrected chi connectivity index (χ1v) is 5.95. The van der Waals surface area contributed by atoms with Crippen LogP contribution in [0.25, 0.3) is 0 Å². The highest BCUT2D eigenvalue weighted by atomic mass is 32.1. The van der Waals surface area contributed by atoms with Crippen LogP contribution in [0.4, 0.5) is 9.80 Å². The van der Waals surface area contributed by atoms with Crippen LogP contribution < -0.4 is 5.32 Å². The predicted molar refractivity (Wildman–Crippen MR) is 66.0 cm³/mol. The molecular weight excluding hydrogens is 242 g/mol. The van der Waals surface area contributed by atoms with E-state index in [9.17, 15) is 9.59 Å². The Morgan fingerprint density at radius 1 is 1.35 bits per heavy atom. The average Bonchev–Trinajstić information content (AvgIpc) is 2.40. The molecule has 17 heavy (non-hydrogen) atoms. The maximum Gasteiger partial charge on any atom is 0.412 e. The van der Waals surface area contributed by atoms with Crippen LogP contribution in [0.2, 0.25) is 0 Å². The van der Waals surface area contributed by atoms with E-state index in [2.05, 4.69) is 5.32 Å². The summed E-state index contributed by atoms with van der Waals surface area (Å²) in [4.78, 5) is 23.3. The topological polar surface area (TPSA) is 75.6 Å². The second-order valence-corrected chi connectivity index (χ2v) is 5.10. The van der Waals surface area contributed by atoms with Crippen molar-refractivity contribution >= 4 is 28.4 Å². The van der Waals surface area contributed by atoms with Gasteiger partial charge >= 0.3 is 12.1 Å². The summed E-state index contributed by atoms with van der Waals surface area (Å²) in [6.07, 6.45) is -0.880. The number of carboxylic acid groups (broad SMARTS) is 1. The third-order valence-corrected chi connectivity index (χ3v) is 3.28. The van der Waals surface area contributed by atoms with Crippen LogP contribution in [0, 0.1) is 13.8 Å². The van der Waals surface area contributed by atoms with Crippen molar-refractivity contribution in [3.8, 4) is 0 Å². The number of carbonyl (C=O) groups is 2. The van der Waals surface area contributed by atoms with Crippen LogP contribution in [0.5, 0.6) is 0 Å². The molecule has 0 atom stereocenters. The van der Waals surface area contributed by atoms with Crippen LogP contribution in [0.3, 0.4) is 0 Å². The first-order valence-electron chi connectivity index (χ1n) is 5.13. The summed E-state index contributed by atoms with van der Waals surface area (Å²) in [6, 6.07) is 0. The molecule has 0 aromatic carbocycles. The normalized spacial score (nSPS) is 10.4. The van der Waals surface area contributed by atoms with Gasteiger partial charge in [-0.25, -0.2) is 9.59 Å². The molecule has 94 valence electrons. The number of anilines is 1. The monoisotopic (exact) mass is 257 g/mol. The molecule has 0 radical (unpaired) electrons. The minimum Gasteiger partial charge on any atom is -0.478 e. The Bertz CT molecular complexity index is 451. The van der Waals surface area contributed by atoms with Crippen molar-refractivity contribution in [1.29, 1.82) is 0 Å². The molecule has 0 bridgehead atoms. The highest BCUT2D eigenvalue weighted by Gasteiger charge is 2.20. The van der Waals surface area contributed by atoms with Gasteiger partial charge in [-0.05, 0) is 33.3 Å². The Labute approximate surface area is 103 Å². The van der Waals surface area contributed by atoms with Gasteiger partial charge in [0, 0.05) is 4.88 Å². The second-order valence-electron chi connectivity index (χ2n) is 3.87. The van der Waals surface area contributed by atoms with Gasteiger partial charge in [0.05, 0.1) is 11.7 Å². The summed E-state index contributed by atoms with van der Waals surface area (Å²) in [7, 11) is 0. The lowest BCUT2D eigenvalue weighted by Crippen LogP contribution is -2.18. The van der Waals surface area contributed by atoms with Gasteiger partial charge in [0.15, 0.2) is 0 Å². The Morgan fingerprint density at radius 2 is 1.94 bits per heavy atom. The number of nitrogens with one attached hydrogen (secondary N) is 1. The summed E-state index contributed by atoms with van der Waals surface area (Å²) < 4.78 is 4.90. The minimum atomic E-state index is -1.05. The predicted octanol–water partition coefficient (Wildman–Crippen LogP) is 3.02. The van der Waals surface area contributed by atoms with Crippen LogP contribution in [0.15, 0.2) is 0 Å². The van der Waals surface area contributed by atoms with Crippen LogP contribution in [-0.4, -0.2) is 23.3 Å². The molecule has 2 N–H and O–H groups in total. The van der Waals surface area contributed by atoms with Crippen molar-refractivity contribution in [2.45, 2.75) is 33.8 Å². The lowest BCUT2D eigenvalue weighted by molar-refractivity contribution is 0.0697. The Kier molecular flexibility index (Phi) is 4.11. The van der Waals surface area contributed by atoms with E-state index >= 15 is 0 Å². The maximum atomic E-state index is 11.4. The van der Waals surface area contributed by atoms with Gasteiger partial charge in [-0.2, -0.15) is 0 Å². The number of aromatic carboxylic acids is 1. The molecule has 0 unspecified atom stereocenters. The van der Waals surface area contributed by atoms with Crippen molar-refractivity contribution in [1.82, 2.24) is 0 Å². The zero-order valence-electron chi connectivity index (χ0n) is 10.2. The molecule has 1 rings (SSSR count). The van der Waals surface area contributed by atoms with Gasteiger partial charge < -0.3 is 9.84 Å². The quantitative estimate of drug-likeness (QED) is 0.872. The number of carboxylic acids is 1. The van der Waals surface area contributed by atoms with E-state index in [1.54, 1.807) is 20.8 Å².